The minimum absolute atomic E-state index is 0. The molecule has 0 aromatic rings. The summed E-state index contributed by atoms with van der Waals surface area (Å²) in [7, 11) is 0. The first-order valence-electron chi connectivity index (χ1n) is 8.57. The third-order valence-corrected chi connectivity index (χ3v) is 5.54. The number of nitrogens with zero attached hydrogens (tertiary/aromatic N) is 1. The van der Waals surface area contributed by atoms with Gasteiger partial charge in [-0.15, -0.1) is 0 Å². The number of carbonyl (C=O) groups is 2. The van der Waals surface area contributed by atoms with Gasteiger partial charge in [0.25, 0.3) is 0 Å². The number of hydrogen-bond donors (Lipinski definition) is 2. The number of carbonyl (C=O) groups excluding carboxylic acids is 2. The van der Waals surface area contributed by atoms with Crippen molar-refractivity contribution in [2.24, 2.45) is 16.9 Å². The second-order valence-electron chi connectivity index (χ2n) is 7.16. The maximum absolute atomic E-state index is 10.9. The van der Waals surface area contributed by atoms with Gasteiger partial charge in [-0.05, 0) is 33.6 Å². The first-order chi connectivity index (χ1) is 11.5. The monoisotopic (exact) mass is 568 g/mol. The molecule has 4 unspecified atom stereocenters. The standard InChI is InChI=1S/C11H16ClNO4.C6H14N2.Pt/c1-6-4-8(12)7(2)13(6)5-11(3,9(14)15)10(16)17;7-5-3-1-2-4-6(5)8;/h4,6-7H,5H2,1-3H3,(H,14,15)(H,16,17);5-6H,1-4,7-8H2;/q;;+2/p-2. The van der Waals surface area contributed by atoms with Crippen LogP contribution in [0.25, 0.3) is 0 Å². The van der Waals surface area contributed by atoms with Crippen LogP contribution in [0.3, 0.4) is 0 Å². The van der Waals surface area contributed by atoms with Crippen LogP contribution in [-0.2, 0) is 30.7 Å². The van der Waals surface area contributed by atoms with Crippen LogP contribution in [0.15, 0.2) is 11.1 Å². The van der Waals surface area contributed by atoms with E-state index in [4.69, 9.17) is 23.1 Å². The quantitative estimate of drug-likeness (QED) is 0.412. The van der Waals surface area contributed by atoms with Gasteiger partial charge in [0, 0.05) is 35.7 Å². The van der Waals surface area contributed by atoms with Crippen LogP contribution in [0.1, 0.15) is 46.5 Å². The molecule has 26 heavy (non-hydrogen) atoms. The molecule has 9 heteroatoms. The summed E-state index contributed by atoms with van der Waals surface area (Å²) in [6.45, 7) is 4.49. The van der Waals surface area contributed by atoms with E-state index in [9.17, 15) is 19.8 Å². The predicted molar refractivity (Wildman–Crippen MR) is 92.1 cm³/mol. The summed E-state index contributed by atoms with van der Waals surface area (Å²) in [5.74, 6) is -3.31. The molecule has 0 amide bonds. The minimum atomic E-state index is -2.04. The second kappa shape index (κ2) is 10.8. The fourth-order valence-electron chi connectivity index (χ4n) is 3.02. The zero-order chi connectivity index (χ0) is 19.4. The van der Waals surface area contributed by atoms with E-state index in [0.29, 0.717) is 5.03 Å². The van der Waals surface area contributed by atoms with E-state index in [2.05, 4.69) is 0 Å². The Labute approximate surface area is 174 Å². The maximum atomic E-state index is 10.9. The molecule has 0 saturated heterocycles. The molecule has 0 aromatic heterocycles. The van der Waals surface area contributed by atoms with Crippen LogP contribution >= 0.6 is 11.6 Å². The van der Waals surface area contributed by atoms with Gasteiger partial charge in [-0.3, -0.25) is 4.90 Å². The Morgan fingerprint density at radius 1 is 1.19 bits per heavy atom. The van der Waals surface area contributed by atoms with E-state index in [1.807, 2.05) is 6.92 Å². The summed E-state index contributed by atoms with van der Waals surface area (Å²) in [5, 5.41) is 22.5. The molecular weight excluding hydrogens is 541 g/mol. The summed E-state index contributed by atoms with van der Waals surface area (Å²) < 4.78 is 0. The van der Waals surface area contributed by atoms with Crippen molar-refractivity contribution in [1.29, 1.82) is 0 Å². The van der Waals surface area contributed by atoms with Crippen molar-refractivity contribution < 1.29 is 40.9 Å². The van der Waals surface area contributed by atoms with Gasteiger partial charge in [-0.25, -0.2) is 0 Å². The third kappa shape index (κ3) is 6.31. The zero-order valence-corrected chi connectivity index (χ0v) is 18.4. The molecule has 4 atom stereocenters. The number of carboxylic acid groups (broad SMARTS) is 2. The largest absolute Gasteiger partial charge is 2.00 e. The minimum Gasteiger partial charge on any atom is -0.549 e. The molecule has 0 radical (unpaired) electrons. The number of halogens is 1. The van der Waals surface area contributed by atoms with Crippen molar-refractivity contribution in [2.45, 2.75) is 70.6 Å². The van der Waals surface area contributed by atoms with Crippen molar-refractivity contribution >= 4 is 23.5 Å². The summed E-state index contributed by atoms with van der Waals surface area (Å²) in [6, 6.07) is 0.243. The smallest absolute Gasteiger partial charge is 0.549 e. The number of carboxylic acids is 2. The van der Waals surface area contributed by atoms with Crippen LogP contribution in [0.2, 0.25) is 0 Å². The molecule has 2 rings (SSSR count). The molecule has 1 aliphatic carbocycles. The first kappa shape index (κ1) is 25.5. The van der Waals surface area contributed by atoms with Gasteiger partial charge in [0.1, 0.15) is 0 Å². The second-order valence-corrected chi connectivity index (χ2v) is 7.60. The van der Waals surface area contributed by atoms with Crippen molar-refractivity contribution in [2.75, 3.05) is 6.54 Å². The fraction of sp³-hybridized carbons (Fsp3) is 0.765. The van der Waals surface area contributed by atoms with Gasteiger partial charge >= 0.3 is 21.1 Å². The van der Waals surface area contributed by atoms with Gasteiger partial charge in [0.05, 0.1) is 17.4 Å². The normalized spacial score (nSPS) is 29.1. The van der Waals surface area contributed by atoms with Crippen molar-refractivity contribution in [3.05, 3.63) is 11.1 Å². The van der Waals surface area contributed by atoms with E-state index in [1.165, 1.54) is 12.8 Å². The van der Waals surface area contributed by atoms with Crippen LogP contribution in [0, 0.1) is 5.41 Å². The van der Waals surface area contributed by atoms with Gasteiger partial charge < -0.3 is 31.3 Å². The van der Waals surface area contributed by atoms with E-state index in [-0.39, 0.29) is 51.8 Å². The Balaban J connectivity index is 0.000000583. The molecule has 1 aliphatic heterocycles. The number of rotatable bonds is 4. The molecule has 0 spiro atoms. The molecule has 1 saturated carbocycles. The van der Waals surface area contributed by atoms with Crippen LogP contribution in [0.5, 0.6) is 0 Å². The Morgan fingerprint density at radius 3 is 1.88 bits per heavy atom. The van der Waals surface area contributed by atoms with E-state index >= 15 is 0 Å². The summed E-state index contributed by atoms with van der Waals surface area (Å²) in [5.41, 5.74) is 9.26. The molecule has 4 N–H and O–H groups in total. The van der Waals surface area contributed by atoms with Crippen molar-refractivity contribution in [1.82, 2.24) is 4.90 Å². The van der Waals surface area contributed by atoms with E-state index in [1.54, 1.807) is 17.9 Å². The van der Waals surface area contributed by atoms with E-state index < -0.39 is 17.4 Å². The number of hydrogen-bond acceptors (Lipinski definition) is 7. The molecule has 152 valence electrons. The molecule has 0 aromatic carbocycles. The Kier molecular flexibility index (Phi) is 10.6. The van der Waals surface area contributed by atoms with Gasteiger partial charge in [-0.2, -0.15) is 0 Å². The van der Waals surface area contributed by atoms with Crippen LogP contribution in [0.4, 0.5) is 0 Å². The average Bonchev–Trinajstić information content (AvgIpc) is 2.76. The Bertz CT molecular complexity index is 508. The van der Waals surface area contributed by atoms with Crippen LogP contribution in [-0.4, -0.2) is 47.6 Å². The average molecular weight is 569 g/mol. The molecule has 7 nitrogen and oxygen atoms in total. The number of nitrogens with two attached hydrogens (primary N) is 2. The third-order valence-electron chi connectivity index (χ3n) is 5.09. The topological polar surface area (TPSA) is 136 Å². The zero-order valence-electron chi connectivity index (χ0n) is 15.4. The molecular formula is C17H28ClN3O4Pt. The van der Waals surface area contributed by atoms with Crippen molar-refractivity contribution in [3.8, 4) is 0 Å². The summed E-state index contributed by atoms with van der Waals surface area (Å²) in [4.78, 5) is 23.6. The van der Waals surface area contributed by atoms with Crippen LogP contribution < -0.4 is 21.7 Å². The Hall–Kier alpha value is -0.462. The maximum Gasteiger partial charge on any atom is 2.00 e. The summed E-state index contributed by atoms with van der Waals surface area (Å²) in [6.07, 6.45) is 6.56. The molecule has 0 bridgehead atoms. The van der Waals surface area contributed by atoms with Gasteiger partial charge in [0.15, 0.2) is 0 Å². The van der Waals surface area contributed by atoms with Crippen molar-refractivity contribution in [3.63, 3.8) is 0 Å². The van der Waals surface area contributed by atoms with Gasteiger partial charge in [-0.1, -0.05) is 30.5 Å². The predicted octanol–water partition coefficient (Wildman–Crippen LogP) is -1.08. The summed E-state index contributed by atoms with van der Waals surface area (Å²) >= 11 is 5.93. The molecule has 2 aliphatic rings. The van der Waals surface area contributed by atoms with E-state index in [0.717, 1.165) is 19.8 Å². The molecule has 1 heterocycles. The number of aliphatic carboxylic acids is 2. The SMILES string of the molecule is CC1C=C(Cl)C(C)N1CC(C)(C(=O)[O-])C(=O)[O-].NC1CCCCC1N.[Pt+2]. The Morgan fingerprint density at radius 2 is 1.62 bits per heavy atom. The molecule has 1 fully saturated rings. The fourth-order valence-corrected chi connectivity index (χ4v) is 3.33. The van der Waals surface area contributed by atoms with Gasteiger partial charge in [0.2, 0.25) is 0 Å². The first-order valence-corrected chi connectivity index (χ1v) is 8.95.